The van der Waals surface area contributed by atoms with Gasteiger partial charge in [-0.25, -0.2) is 4.39 Å². The number of hydrogen-bond donors (Lipinski definition) is 3. The Morgan fingerprint density at radius 1 is 1.10 bits per heavy atom. The number of nitrogens with one attached hydrogen (secondary N) is 3. The molecular weight excluding hydrogens is 399 g/mol. The molecule has 2 amide bonds. The van der Waals surface area contributed by atoms with Gasteiger partial charge in [0.2, 0.25) is 11.8 Å². The molecule has 3 aliphatic heterocycles. The van der Waals surface area contributed by atoms with Gasteiger partial charge in [-0.15, -0.1) is 0 Å². The number of benzene rings is 1. The van der Waals surface area contributed by atoms with Crippen LogP contribution < -0.4 is 16.0 Å². The molecule has 3 saturated heterocycles. The van der Waals surface area contributed by atoms with Gasteiger partial charge in [-0.3, -0.25) is 14.9 Å². The van der Waals surface area contributed by atoms with Crippen LogP contribution >= 0.6 is 0 Å². The maximum absolute atomic E-state index is 14.4. The van der Waals surface area contributed by atoms with E-state index in [9.17, 15) is 18.8 Å². The van der Waals surface area contributed by atoms with Crippen LogP contribution in [0.1, 0.15) is 50.0 Å². The summed E-state index contributed by atoms with van der Waals surface area (Å²) in [7, 11) is 2.08. The average Bonchev–Trinajstić information content (AvgIpc) is 2.78. The molecule has 170 valence electrons. The molecule has 0 bridgehead atoms. The third-order valence-electron chi connectivity index (χ3n) is 6.32. The van der Waals surface area contributed by atoms with Crippen LogP contribution in [0.25, 0.3) is 0 Å². The van der Waals surface area contributed by atoms with Crippen molar-refractivity contribution in [1.82, 2.24) is 15.5 Å². The Morgan fingerprint density at radius 3 is 2.39 bits per heavy atom. The number of piperidine rings is 3. The second kappa shape index (κ2) is 11.3. The number of nitrogens with zero attached hydrogens (tertiary/aromatic N) is 1. The zero-order valence-corrected chi connectivity index (χ0v) is 18.2. The lowest BCUT2D eigenvalue weighted by molar-refractivity contribution is -0.133. The van der Waals surface area contributed by atoms with E-state index in [0.29, 0.717) is 24.4 Å². The number of rotatable bonds is 4. The number of aldehydes is 1. The van der Waals surface area contributed by atoms with Gasteiger partial charge in [0.05, 0.1) is 0 Å². The summed E-state index contributed by atoms with van der Waals surface area (Å²) in [5, 5.41) is 8.50. The first kappa shape index (κ1) is 23.3. The number of amides is 2. The first-order valence-electron chi connectivity index (χ1n) is 11.2. The molecule has 3 fully saturated rings. The van der Waals surface area contributed by atoms with E-state index in [0.717, 1.165) is 63.7 Å². The van der Waals surface area contributed by atoms with Gasteiger partial charge >= 0.3 is 0 Å². The first-order chi connectivity index (χ1) is 15.0. The molecule has 4 rings (SSSR count). The Kier molecular flexibility index (Phi) is 8.54. The number of carbonyl (C=O) groups is 3. The molecule has 31 heavy (non-hydrogen) atoms. The summed E-state index contributed by atoms with van der Waals surface area (Å²) in [6.07, 6.45) is 5.80. The molecule has 0 aromatic heterocycles. The summed E-state index contributed by atoms with van der Waals surface area (Å²) in [5.74, 6) is -0.221. The summed E-state index contributed by atoms with van der Waals surface area (Å²) in [6.45, 7) is 4.01. The summed E-state index contributed by atoms with van der Waals surface area (Å²) in [4.78, 5) is 35.3. The number of halogens is 1. The van der Waals surface area contributed by atoms with E-state index in [1.807, 2.05) is 12.1 Å². The standard InChI is InChI=1S/C17H22FN3O2.C6H11NO/c1-21-8-6-11(7-9-21)13-3-2-12(10-14(13)18)19-15-4-5-16(22)20-17(15)23;8-5-6-1-3-7-4-2-6/h2-3,10-11,15,19H,4-9H2,1H3,(H,20,22,23);5-7H,1-4H2. The fourth-order valence-corrected chi connectivity index (χ4v) is 4.28. The number of carbonyl (C=O) groups excluding carboxylic acids is 3. The molecule has 0 aliphatic carbocycles. The predicted molar refractivity (Wildman–Crippen MR) is 117 cm³/mol. The van der Waals surface area contributed by atoms with Gasteiger partial charge in [0, 0.05) is 18.0 Å². The largest absolute Gasteiger partial charge is 0.374 e. The Labute approximate surface area is 183 Å². The van der Waals surface area contributed by atoms with Crippen molar-refractivity contribution in [2.24, 2.45) is 5.92 Å². The lowest BCUT2D eigenvalue weighted by atomic mass is 9.89. The van der Waals surface area contributed by atoms with Crippen molar-refractivity contribution in [3.63, 3.8) is 0 Å². The fraction of sp³-hybridized carbons (Fsp3) is 0.609. The van der Waals surface area contributed by atoms with Crippen molar-refractivity contribution in [1.29, 1.82) is 0 Å². The second-order valence-corrected chi connectivity index (χ2v) is 8.69. The van der Waals surface area contributed by atoms with Crippen LogP contribution in [-0.2, 0) is 14.4 Å². The van der Waals surface area contributed by atoms with E-state index in [-0.39, 0.29) is 23.5 Å². The topological polar surface area (TPSA) is 90.5 Å². The van der Waals surface area contributed by atoms with Crippen molar-refractivity contribution in [3.05, 3.63) is 29.6 Å². The average molecular weight is 433 g/mol. The van der Waals surface area contributed by atoms with Crippen LogP contribution in [0, 0.1) is 11.7 Å². The minimum Gasteiger partial charge on any atom is -0.374 e. The smallest absolute Gasteiger partial charge is 0.249 e. The molecule has 3 N–H and O–H groups in total. The maximum Gasteiger partial charge on any atom is 0.249 e. The molecule has 1 atom stereocenters. The molecule has 0 radical (unpaired) electrons. The SMILES string of the molecule is CN1CCC(c2ccc(NC3CCC(=O)NC3=O)cc2F)CC1.O=CC1CCNCC1. The van der Waals surface area contributed by atoms with E-state index in [4.69, 9.17) is 0 Å². The van der Waals surface area contributed by atoms with Crippen LogP contribution in [0.15, 0.2) is 18.2 Å². The quantitative estimate of drug-likeness (QED) is 0.498. The maximum atomic E-state index is 14.4. The highest BCUT2D eigenvalue weighted by Gasteiger charge is 2.27. The molecule has 1 aromatic rings. The number of anilines is 1. The molecule has 3 aliphatic rings. The summed E-state index contributed by atoms with van der Waals surface area (Å²) in [5.41, 5.74) is 1.33. The van der Waals surface area contributed by atoms with Gasteiger partial charge in [0.1, 0.15) is 18.1 Å². The van der Waals surface area contributed by atoms with Gasteiger partial charge in [-0.1, -0.05) is 6.07 Å². The van der Waals surface area contributed by atoms with E-state index in [1.54, 1.807) is 0 Å². The molecule has 3 heterocycles. The van der Waals surface area contributed by atoms with Crippen LogP contribution in [0.5, 0.6) is 0 Å². The fourth-order valence-electron chi connectivity index (χ4n) is 4.28. The predicted octanol–water partition coefficient (Wildman–Crippen LogP) is 2.04. The molecule has 0 saturated carbocycles. The Balaban J connectivity index is 0.000000287. The van der Waals surface area contributed by atoms with Crippen molar-refractivity contribution in [2.75, 3.05) is 38.5 Å². The molecule has 1 unspecified atom stereocenters. The molecule has 0 spiro atoms. The first-order valence-corrected chi connectivity index (χ1v) is 11.2. The molecule has 1 aromatic carbocycles. The number of likely N-dealkylation sites (tertiary alicyclic amines) is 1. The normalized spacial score (nSPS) is 23.5. The zero-order valence-electron chi connectivity index (χ0n) is 18.2. The Bertz CT molecular complexity index is 774. The van der Waals surface area contributed by atoms with E-state index >= 15 is 0 Å². The van der Waals surface area contributed by atoms with Crippen LogP contribution in [0.4, 0.5) is 10.1 Å². The highest BCUT2D eigenvalue weighted by molar-refractivity contribution is 6.01. The van der Waals surface area contributed by atoms with Gasteiger partial charge in [-0.05, 0) is 88.9 Å². The van der Waals surface area contributed by atoms with Gasteiger partial charge in [0.15, 0.2) is 0 Å². The number of imide groups is 1. The third kappa shape index (κ3) is 6.83. The third-order valence-corrected chi connectivity index (χ3v) is 6.32. The Morgan fingerprint density at radius 2 is 1.81 bits per heavy atom. The van der Waals surface area contributed by atoms with Gasteiger partial charge in [0.25, 0.3) is 0 Å². The van der Waals surface area contributed by atoms with Gasteiger partial charge < -0.3 is 20.3 Å². The van der Waals surface area contributed by atoms with Crippen molar-refractivity contribution >= 4 is 23.8 Å². The monoisotopic (exact) mass is 432 g/mol. The van der Waals surface area contributed by atoms with Gasteiger partial charge in [-0.2, -0.15) is 0 Å². The lowest BCUT2D eigenvalue weighted by Crippen LogP contribution is -2.47. The number of hydrogen-bond acceptors (Lipinski definition) is 6. The zero-order chi connectivity index (χ0) is 22.2. The highest BCUT2D eigenvalue weighted by Crippen LogP contribution is 2.31. The van der Waals surface area contributed by atoms with Crippen LogP contribution in [0.3, 0.4) is 0 Å². The summed E-state index contributed by atoms with van der Waals surface area (Å²) >= 11 is 0. The molecular formula is C23H33FN4O3. The van der Waals surface area contributed by atoms with Crippen LogP contribution in [0.2, 0.25) is 0 Å². The molecule has 8 heteroatoms. The lowest BCUT2D eigenvalue weighted by Gasteiger charge is -2.29. The summed E-state index contributed by atoms with van der Waals surface area (Å²) in [6, 6.07) is 4.61. The van der Waals surface area contributed by atoms with Crippen molar-refractivity contribution in [2.45, 2.75) is 50.5 Å². The Hall–Kier alpha value is -2.32. The van der Waals surface area contributed by atoms with Crippen molar-refractivity contribution in [3.8, 4) is 0 Å². The van der Waals surface area contributed by atoms with Crippen LogP contribution in [-0.4, -0.2) is 62.3 Å². The molecule has 7 nitrogen and oxygen atoms in total. The second-order valence-electron chi connectivity index (χ2n) is 8.69. The van der Waals surface area contributed by atoms with E-state index in [1.165, 1.54) is 6.07 Å². The van der Waals surface area contributed by atoms with E-state index < -0.39 is 6.04 Å². The highest BCUT2D eigenvalue weighted by atomic mass is 19.1. The summed E-state index contributed by atoms with van der Waals surface area (Å²) < 4.78 is 14.4. The van der Waals surface area contributed by atoms with Crippen molar-refractivity contribution < 1.29 is 18.8 Å². The van der Waals surface area contributed by atoms with E-state index in [2.05, 4.69) is 27.9 Å². The minimum absolute atomic E-state index is 0.225. The minimum atomic E-state index is -0.485.